The van der Waals surface area contributed by atoms with Crippen molar-refractivity contribution in [1.82, 2.24) is 10.1 Å². The molecular weight excluding hydrogens is 246 g/mol. The van der Waals surface area contributed by atoms with Crippen LogP contribution in [0.25, 0.3) is 11.4 Å². The third-order valence-corrected chi connectivity index (χ3v) is 2.22. The van der Waals surface area contributed by atoms with Gasteiger partial charge in [-0.05, 0) is 12.1 Å². The minimum absolute atomic E-state index is 0.265. The van der Waals surface area contributed by atoms with Gasteiger partial charge < -0.3 is 10.3 Å². The van der Waals surface area contributed by atoms with Gasteiger partial charge in [0.05, 0.1) is 6.54 Å². The van der Waals surface area contributed by atoms with E-state index in [1.807, 2.05) is 24.3 Å². The highest BCUT2D eigenvalue weighted by atomic mass is 79.9. The maximum Gasteiger partial charge on any atom is 0.240 e. The van der Waals surface area contributed by atoms with E-state index in [1.54, 1.807) is 0 Å². The van der Waals surface area contributed by atoms with Gasteiger partial charge >= 0.3 is 0 Å². The predicted molar refractivity (Wildman–Crippen MR) is 55.3 cm³/mol. The van der Waals surface area contributed by atoms with Gasteiger partial charge in [-0.2, -0.15) is 4.98 Å². The van der Waals surface area contributed by atoms with Gasteiger partial charge in [0.1, 0.15) is 0 Å². The summed E-state index contributed by atoms with van der Waals surface area (Å²) in [5.41, 5.74) is 6.27. The predicted octanol–water partition coefficient (Wildman–Crippen LogP) is 1.96. The van der Waals surface area contributed by atoms with Crippen molar-refractivity contribution in [3.8, 4) is 11.4 Å². The van der Waals surface area contributed by atoms with Crippen LogP contribution in [0.3, 0.4) is 0 Å². The fraction of sp³-hybridized carbons (Fsp3) is 0.111. The maximum atomic E-state index is 5.37. The Kier molecular flexibility index (Phi) is 2.60. The van der Waals surface area contributed by atoms with Crippen LogP contribution in [0.2, 0.25) is 0 Å². The van der Waals surface area contributed by atoms with Crippen molar-refractivity contribution in [3.05, 3.63) is 34.6 Å². The second-order valence-electron chi connectivity index (χ2n) is 2.73. The SMILES string of the molecule is NCc1nc(-c2cccc(Br)c2)no1. The minimum Gasteiger partial charge on any atom is -0.338 e. The van der Waals surface area contributed by atoms with Crippen LogP contribution in [0.5, 0.6) is 0 Å². The number of nitrogens with zero attached hydrogens (tertiary/aromatic N) is 2. The molecule has 0 saturated carbocycles. The smallest absolute Gasteiger partial charge is 0.240 e. The number of hydrogen-bond acceptors (Lipinski definition) is 4. The molecule has 14 heavy (non-hydrogen) atoms. The molecule has 1 aromatic carbocycles. The van der Waals surface area contributed by atoms with E-state index < -0.39 is 0 Å². The number of rotatable bonds is 2. The first-order chi connectivity index (χ1) is 6.79. The van der Waals surface area contributed by atoms with E-state index in [2.05, 4.69) is 26.1 Å². The first-order valence-corrected chi connectivity index (χ1v) is 4.87. The molecule has 5 heteroatoms. The van der Waals surface area contributed by atoms with Gasteiger partial charge in [-0.1, -0.05) is 33.2 Å². The Balaban J connectivity index is 2.39. The number of nitrogens with two attached hydrogens (primary N) is 1. The molecule has 0 amide bonds. The Bertz CT molecular complexity index is 441. The highest BCUT2D eigenvalue weighted by Gasteiger charge is 2.06. The average Bonchev–Trinajstić information content (AvgIpc) is 2.66. The average molecular weight is 254 g/mol. The van der Waals surface area contributed by atoms with Crippen molar-refractivity contribution in [1.29, 1.82) is 0 Å². The molecule has 0 atom stereocenters. The molecule has 0 unspecified atom stereocenters. The largest absolute Gasteiger partial charge is 0.338 e. The van der Waals surface area contributed by atoms with Crippen LogP contribution in [0, 0.1) is 0 Å². The first kappa shape index (κ1) is 9.36. The summed E-state index contributed by atoms with van der Waals surface area (Å²) >= 11 is 3.37. The van der Waals surface area contributed by atoms with Gasteiger partial charge in [-0.25, -0.2) is 0 Å². The van der Waals surface area contributed by atoms with Crippen LogP contribution >= 0.6 is 15.9 Å². The standard InChI is InChI=1S/C9H8BrN3O/c10-7-3-1-2-6(4-7)9-12-8(5-11)14-13-9/h1-4H,5,11H2. The van der Waals surface area contributed by atoms with Crippen LogP contribution < -0.4 is 5.73 Å². The van der Waals surface area contributed by atoms with Gasteiger partial charge in [0.2, 0.25) is 11.7 Å². The van der Waals surface area contributed by atoms with Crippen LogP contribution in [0.4, 0.5) is 0 Å². The van der Waals surface area contributed by atoms with Crippen LogP contribution in [0.1, 0.15) is 5.89 Å². The third-order valence-electron chi connectivity index (χ3n) is 1.73. The molecule has 2 rings (SSSR count). The lowest BCUT2D eigenvalue weighted by Gasteiger charge is -1.93. The quantitative estimate of drug-likeness (QED) is 0.889. The van der Waals surface area contributed by atoms with E-state index in [0.29, 0.717) is 11.7 Å². The second-order valence-corrected chi connectivity index (χ2v) is 3.64. The fourth-order valence-electron chi connectivity index (χ4n) is 1.08. The molecule has 0 aliphatic rings. The van der Waals surface area contributed by atoms with E-state index in [4.69, 9.17) is 10.3 Å². The summed E-state index contributed by atoms with van der Waals surface area (Å²) < 4.78 is 5.89. The Morgan fingerprint density at radius 2 is 2.29 bits per heavy atom. The van der Waals surface area contributed by atoms with Crippen molar-refractivity contribution in [2.24, 2.45) is 5.73 Å². The summed E-state index contributed by atoms with van der Waals surface area (Å²) in [6.07, 6.45) is 0. The molecule has 2 N–H and O–H groups in total. The summed E-state index contributed by atoms with van der Waals surface area (Å²) in [4.78, 5) is 4.12. The normalized spacial score (nSPS) is 10.4. The first-order valence-electron chi connectivity index (χ1n) is 4.08. The summed E-state index contributed by atoms with van der Waals surface area (Å²) in [6, 6.07) is 7.69. The number of hydrogen-bond donors (Lipinski definition) is 1. The maximum absolute atomic E-state index is 5.37. The molecule has 0 radical (unpaired) electrons. The van der Waals surface area contributed by atoms with Crippen LogP contribution in [0.15, 0.2) is 33.3 Å². The van der Waals surface area contributed by atoms with Crippen molar-refractivity contribution in [2.75, 3.05) is 0 Å². The summed E-state index contributed by atoms with van der Waals surface area (Å²) in [7, 11) is 0. The number of halogens is 1. The van der Waals surface area contributed by atoms with Gasteiger partial charge in [0.25, 0.3) is 0 Å². The Morgan fingerprint density at radius 3 is 2.93 bits per heavy atom. The Morgan fingerprint density at radius 1 is 1.43 bits per heavy atom. The molecule has 0 aliphatic carbocycles. The molecule has 4 nitrogen and oxygen atoms in total. The van der Waals surface area contributed by atoms with E-state index in [0.717, 1.165) is 10.0 Å². The second kappa shape index (κ2) is 3.89. The number of aromatic nitrogens is 2. The summed E-state index contributed by atoms with van der Waals surface area (Å²) in [5.74, 6) is 1.01. The van der Waals surface area contributed by atoms with E-state index in [-0.39, 0.29) is 6.54 Å². The molecular formula is C9H8BrN3O. The molecule has 0 saturated heterocycles. The molecule has 0 bridgehead atoms. The Hall–Kier alpha value is -1.20. The highest BCUT2D eigenvalue weighted by molar-refractivity contribution is 9.10. The zero-order valence-corrected chi connectivity index (χ0v) is 8.86. The monoisotopic (exact) mass is 253 g/mol. The van der Waals surface area contributed by atoms with Gasteiger partial charge in [0.15, 0.2) is 0 Å². The summed E-state index contributed by atoms with van der Waals surface area (Å²) in [5, 5.41) is 3.81. The van der Waals surface area contributed by atoms with Crippen molar-refractivity contribution < 1.29 is 4.52 Å². The van der Waals surface area contributed by atoms with E-state index in [1.165, 1.54) is 0 Å². The molecule has 0 spiro atoms. The fourth-order valence-corrected chi connectivity index (χ4v) is 1.48. The molecule has 72 valence electrons. The molecule has 1 aromatic heterocycles. The molecule has 2 aromatic rings. The Labute approximate surface area is 89.2 Å². The van der Waals surface area contributed by atoms with E-state index >= 15 is 0 Å². The lowest BCUT2D eigenvalue weighted by atomic mass is 10.2. The molecule has 0 aliphatic heterocycles. The van der Waals surface area contributed by atoms with Crippen molar-refractivity contribution in [2.45, 2.75) is 6.54 Å². The zero-order chi connectivity index (χ0) is 9.97. The minimum atomic E-state index is 0.265. The van der Waals surface area contributed by atoms with Gasteiger partial charge in [0, 0.05) is 10.0 Å². The van der Waals surface area contributed by atoms with Gasteiger partial charge in [-0.3, -0.25) is 0 Å². The highest BCUT2D eigenvalue weighted by Crippen LogP contribution is 2.19. The third kappa shape index (κ3) is 1.83. The molecule has 1 heterocycles. The van der Waals surface area contributed by atoms with Crippen LogP contribution in [-0.4, -0.2) is 10.1 Å². The van der Waals surface area contributed by atoms with Crippen molar-refractivity contribution >= 4 is 15.9 Å². The zero-order valence-electron chi connectivity index (χ0n) is 7.27. The molecule has 0 fully saturated rings. The lowest BCUT2D eigenvalue weighted by Crippen LogP contribution is -1.95. The van der Waals surface area contributed by atoms with Crippen LogP contribution in [-0.2, 0) is 6.54 Å². The topological polar surface area (TPSA) is 64.9 Å². The van der Waals surface area contributed by atoms with Gasteiger partial charge in [-0.15, -0.1) is 0 Å². The van der Waals surface area contributed by atoms with E-state index in [9.17, 15) is 0 Å². The van der Waals surface area contributed by atoms with Crippen molar-refractivity contribution in [3.63, 3.8) is 0 Å². The summed E-state index contributed by atoms with van der Waals surface area (Å²) in [6.45, 7) is 0.265. The lowest BCUT2D eigenvalue weighted by molar-refractivity contribution is 0.380. The number of benzene rings is 1.